The van der Waals surface area contributed by atoms with E-state index in [-0.39, 0.29) is 28.4 Å². The Morgan fingerprint density at radius 2 is 1.60 bits per heavy atom. The molecule has 0 N–H and O–H groups in total. The number of nitrogens with zero attached hydrogens (tertiary/aromatic N) is 1. The van der Waals surface area contributed by atoms with Gasteiger partial charge in [0.25, 0.3) is 5.69 Å². The number of carbonyl (C=O) groups excluding carboxylic acids is 2. The summed E-state index contributed by atoms with van der Waals surface area (Å²) in [6.45, 7) is 0. The first-order valence-electron chi connectivity index (χ1n) is 4.15. The fourth-order valence-corrected chi connectivity index (χ4v) is 1.40. The first kappa shape index (κ1) is 9.26. The van der Waals surface area contributed by atoms with Crippen LogP contribution in [0.4, 0.5) is 5.69 Å². The van der Waals surface area contributed by atoms with Crippen molar-refractivity contribution in [2.45, 2.75) is 0 Å². The van der Waals surface area contributed by atoms with Crippen LogP contribution >= 0.6 is 0 Å². The number of carbonyl (C=O) groups is 2. The number of nitro groups is 1. The maximum absolute atomic E-state index is 11.3. The maximum Gasteiger partial charge on any atom is 0.270 e. The van der Waals surface area contributed by atoms with Gasteiger partial charge in [0.1, 0.15) is 0 Å². The van der Waals surface area contributed by atoms with Crippen LogP contribution in [0.1, 0.15) is 20.7 Å². The van der Waals surface area contributed by atoms with Crippen LogP contribution in [0.5, 0.6) is 0 Å². The molecule has 0 atom stereocenters. The standard InChI is InChI=1S/C10H5NO4/c12-9-3-4-10(13)8-5-6(11(14)15)1-2-7(8)9/h1-5H. The van der Waals surface area contributed by atoms with Gasteiger partial charge < -0.3 is 0 Å². The minimum absolute atomic E-state index is 0.0942. The molecule has 1 aromatic carbocycles. The highest BCUT2D eigenvalue weighted by atomic mass is 16.6. The number of fused-ring (bicyclic) bond motifs is 1. The Balaban J connectivity index is 2.63. The van der Waals surface area contributed by atoms with Crippen LogP contribution in [0.3, 0.4) is 0 Å². The molecule has 1 aliphatic carbocycles. The molecule has 0 amide bonds. The number of hydrogen-bond donors (Lipinski definition) is 0. The third kappa shape index (κ3) is 1.43. The number of non-ortho nitro benzene ring substituents is 1. The van der Waals surface area contributed by atoms with E-state index in [0.29, 0.717) is 0 Å². The van der Waals surface area contributed by atoms with Crippen molar-refractivity contribution in [3.8, 4) is 0 Å². The van der Waals surface area contributed by atoms with Crippen molar-refractivity contribution in [2.24, 2.45) is 0 Å². The molecule has 0 radical (unpaired) electrons. The maximum atomic E-state index is 11.3. The number of hydrogen-bond acceptors (Lipinski definition) is 4. The molecular weight excluding hydrogens is 198 g/mol. The van der Waals surface area contributed by atoms with E-state index in [1.54, 1.807) is 0 Å². The number of nitro benzene ring substituents is 1. The van der Waals surface area contributed by atoms with Gasteiger partial charge in [-0.1, -0.05) is 0 Å². The van der Waals surface area contributed by atoms with E-state index in [4.69, 9.17) is 0 Å². The van der Waals surface area contributed by atoms with Crippen molar-refractivity contribution >= 4 is 17.3 Å². The molecule has 0 unspecified atom stereocenters. The lowest BCUT2D eigenvalue weighted by molar-refractivity contribution is -0.384. The summed E-state index contributed by atoms with van der Waals surface area (Å²) in [6, 6.07) is 3.64. The predicted octanol–water partition coefficient (Wildman–Crippen LogP) is 1.53. The Labute approximate surface area is 84.2 Å². The van der Waals surface area contributed by atoms with Crippen molar-refractivity contribution in [2.75, 3.05) is 0 Å². The van der Waals surface area contributed by atoms with Crippen molar-refractivity contribution in [1.82, 2.24) is 0 Å². The first-order chi connectivity index (χ1) is 7.09. The molecule has 15 heavy (non-hydrogen) atoms. The summed E-state index contributed by atoms with van der Waals surface area (Å²) in [4.78, 5) is 32.5. The molecule has 5 nitrogen and oxygen atoms in total. The smallest absolute Gasteiger partial charge is 0.270 e. The van der Waals surface area contributed by atoms with E-state index < -0.39 is 4.92 Å². The normalized spacial score (nSPS) is 13.9. The van der Waals surface area contributed by atoms with Gasteiger partial charge in [-0.05, 0) is 18.2 Å². The number of benzene rings is 1. The number of ketones is 2. The van der Waals surface area contributed by atoms with Gasteiger partial charge in [-0.15, -0.1) is 0 Å². The van der Waals surface area contributed by atoms with Crippen LogP contribution in [-0.4, -0.2) is 16.5 Å². The summed E-state index contributed by atoms with van der Waals surface area (Å²) in [5.41, 5.74) is 0.120. The largest absolute Gasteiger partial charge is 0.289 e. The zero-order valence-corrected chi connectivity index (χ0v) is 7.47. The Morgan fingerprint density at radius 1 is 1.00 bits per heavy atom. The van der Waals surface area contributed by atoms with Gasteiger partial charge in [-0.3, -0.25) is 19.7 Å². The second-order valence-corrected chi connectivity index (χ2v) is 3.05. The van der Waals surface area contributed by atoms with Crippen molar-refractivity contribution in [1.29, 1.82) is 0 Å². The number of allylic oxidation sites excluding steroid dienone is 2. The second-order valence-electron chi connectivity index (χ2n) is 3.05. The third-order valence-electron chi connectivity index (χ3n) is 2.13. The van der Waals surface area contributed by atoms with Crippen LogP contribution < -0.4 is 0 Å². The topological polar surface area (TPSA) is 77.3 Å². The van der Waals surface area contributed by atoms with Gasteiger partial charge in [-0.25, -0.2) is 0 Å². The third-order valence-corrected chi connectivity index (χ3v) is 2.13. The number of rotatable bonds is 1. The molecule has 1 aromatic rings. The molecule has 0 aromatic heterocycles. The Kier molecular flexibility index (Phi) is 1.93. The van der Waals surface area contributed by atoms with Crippen LogP contribution in [0.2, 0.25) is 0 Å². The van der Waals surface area contributed by atoms with E-state index in [2.05, 4.69) is 0 Å². The summed E-state index contributed by atoms with van der Waals surface area (Å²) >= 11 is 0. The lowest BCUT2D eigenvalue weighted by atomic mass is 9.94. The highest BCUT2D eigenvalue weighted by Gasteiger charge is 2.21. The summed E-state index contributed by atoms with van der Waals surface area (Å²) in [5.74, 6) is -0.687. The van der Waals surface area contributed by atoms with Crippen molar-refractivity contribution in [3.63, 3.8) is 0 Å². The van der Waals surface area contributed by atoms with Gasteiger partial charge in [0.05, 0.1) is 4.92 Å². The van der Waals surface area contributed by atoms with Crippen LogP contribution in [0.25, 0.3) is 0 Å². The fraction of sp³-hybridized carbons (Fsp3) is 0. The minimum atomic E-state index is -0.601. The zero-order chi connectivity index (χ0) is 11.0. The molecule has 1 aliphatic rings. The molecule has 0 saturated carbocycles. The summed E-state index contributed by atoms with van der Waals surface area (Å²) in [7, 11) is 0. The first-order valence-corrected chi connectivity index (χ1v) is 4.15. The van der Waals surface area contributed by atoms with Crippen molar-refractivity contribution < 1.29 is 14.5 Å². The Morgan fingerprint density at radius 3 is 2.20 bits per heavy atom. The lowest BCUT2D eigenvalue weighted by Gasteiger charge is -2.07. The van der Waals surface area contributed by atoms with Crippen LogP contribution in [0, 0.1) is 10.1 Å². The summed E-state index contributed by atoms with van der Waals surface area (Å²) < 4.78 is 0. The van der Waals surface area contributed by atoms with E-state index in [1.807, 2.05) is 0 Å². The van der Waals surface area contributed by atoms with E-state index in [0.717, 1.165) is 18.2 Å². The van der Waals surface area contributed by atoms with E-state index in [9.17, 15) is 19.7 Å². The molecular formula is C10H5NO4. The molecule has 0 heterocycles. The van der Waals surface area contributed by atoms with E-state index >= 15 is 0 Å². The van der Waals surface area contributed by atoms with Crippen molar-refractivity contribution in [3.05, 3.63) is 51.6 Å². The van der Waals surface area contributed by atoms with Gasteiger partial charge in [0.15, 0.2) is 11.6 Å². The fourth-order valence-electron chi connectivity index (χ4n) is 1.40. The molecule has 0 fully saturated rings. The van der Waals surface area contributed by atoms with Gasteiger partial charge in [0.2, 0.25) is 0 Å². The lowest BCUT2D eigenvalue weighted by Crippen LogP contribution is -2.11. The molecule has 74 valence electrons. The van der Waals surface area contributed by atoms with Crippen LogP contribution in [0.15, 0.2) is 30.4 Å². The summed E-state index contributed by atoms with van der Waals surface area (Å²) in [5, 5.41) is 10.5. The Bertz CT molecular complexity index is 516. The van der Waals surface area contributed by atoms with Gasteiger partial charge >= 0.3 is 0 Å². The summed E-state index contributed by atoms with van der Waals surface area (Å²) in [6.07, 6.45) is 2.28. The second kappa shape index (κ2) is 3.13. The van der Waals surface area contributed by atoms with Gasteiger partial charge in [0, 0.05) is 23.3 Å². The highest BCUT2D eigenvalue weighted by molar-refractivity contribution is 6.22. The van der Waals surface area contributed by atoms with Gasteiger partial charge in [-0.2, -0.15) is 0 Å². The molecule has 5 heteroatoms. The zero-order valence-electron chi connectivity index (χ0n) is 7.47. The molecule has 2 rings (SSSR count). The Hall–Kier alpha value is -2.30. The monoisotopic (exact) mass is 203 g/mol. The minimum Gasteiger partial charge on any atom is -0.289 e. The molecule has 0 spiro atoms. The highest BCUT2D eigenvalue weighted by Crippen LogP contribution is 2.22. The average Bonchev–Trinajstić information content (AvgIpc) is 2.23. The van der Waals surface area contributed by atoms with Crippen LogP contribution in [-0.2, 0) is 0 Å². The quantitative estimate of drug-likeness (QED) is 0.512. The SMILES string of the molecule is O=C1C=CC(=O)c2cc([N+](=O)[O-])ccc21. The molecule has 0 bridgehead atoms. The average molecular weight is 203 g/mol. The molecule has 0 saturated heterocycles. The molecule has 0 aliphatic heterocycles. The van der Waals surface area contributed by atoms with E-state index in [1.165, 1.54) is 12.1 Å². The predicted molar refractivity (Wildman–Crippen MR) is 50.9 cm³/mol.